The van der Waals surface area contributed by atoms with E-state index in [2.05, 4.69) is 0 Å². The molecule has 0 amide bonds. The molecule has 0 spiro atoms. The molecule has 0 fully saturated rings. The van der Waals surface area contributed by atoms with E-state index >= 15 is 0 Å². The van der Waals surface area contributed by atoms with Crippen LogP contribution in [0, 0.1) is 45.1 Å². The summed E-state index contributed by atoms with van der Waals surface area (Å²) in [6.07, 6.45) is 0. The Balaban J connectivity index is 2.99. The van der Waals surface area contributed by atoms with Gasteiger partial charge in [-0.15, -0.1) is 0 Å². The van der Waals surface area contributed by atoms with Gasteiger partial charge in [-0.3, -0.25) is 0 Å². The number of rotatable bonds is 1. The normalized spacial score (nSPS) is 15.2. The molecule has 0 aliphatic rings. The Hall–Kier alpha value is 1.32. The first-order valence-corrected chi connectivity index (χ1v) is 4.22. The SMILES string of the molecule is CC(C)[CH](O)[Pr]. The first-order chi connectivity index (χ1) is 2.64. The third-order valence-corrected chi connectivity index (χ3v) is 3.15. The van der Waals surface area contributed by atoms with Crippen molar-refractivity contribution in [2.75, 3.05) is 0 Å². The molecule has 0 saturated carbocycles. The van der Waals surface area contributed by atoms with E-state index in [1.165, 1.54) is 0 Å². The van der Waals surface area contributed by atoms with Crippen molar-refractivity contribution in [3.63, 3.8) is 0 Å². The zero-order valence-electron chi connectivity index (χ0n) is 4.18. The van der Waals surface area contributed by atoms with Crippen molar-refractivity contribution in [3.8, 4) is 0 Å². The van der Waals surface area contributed by atoms with Crippen LogP contribution in [0.2, 0.25) is 0 Å². The Labute approximate surface area is 65.1 Å². The monoisotopic (exact) mass is 214 g/mol. The molecule has 1 nitrogen and oxygen atoms in total. The second-order valence-corrected chi connectivity index (χ2v) is 3.93. The maximum absolute atomic E-state index is 8.70. The summed E-state index contributed by atoms with van der Waals surface area (Å²) in [6, 6.07) is 0. The molecule has 0 aromatic rings. The van der Waals surface area contributed by atoms with E-state index in [4.69, 9.17) is 5.11 Å². The Morgan fingerprint density at radius 3 is 1.67 bits per heavy atom. The Bertz CT molecular complexity index is 28.5. The quantitative estimate of drug-likeness (QED) is 0.674. The first kappa shape index (κ1) is 7.32. The molecule has 0 radical (unpaired) electrons. The third-order valence-electron chi connectivity index (χ3n) is 0.683. The maximum atomic E-state index is 8.70. The molecule has 0 heterocycles. The number of hydrogen-bond donors (Lipinski definition) is 1. The van der Waals surface area contributed by atoms with Crippen LogP contribution in [0.5, 0.6) is 0 Å². The van der Waals surface area contributed by atoms with Crippen LogP contribution in [0.1, 0.15) is 13.8 Å². The van der Waals surface area contributed by atoms with E-state index in [1.54, 1.807) is 0 Å². The molecule has 1 N–H and O–H groups in total. The van der Waals surface area contributed by atoms with Crippen LogP contribution < -0.4 is 0 Å². The standard InChI is InChI=1S/C4H9O.Pr/c1-4(2)3-5;/h3-5H,1-2H3;. The summed E-state index contributed by atoms with van der Waals surface area (Å²) < 4.78 is 0.0185. The summed E-state index contributed by atoms with van der Waals surface area (Å²) in [4.78, 5) is 0. The van der Waals surface area contributed by atoms with Gasteiger partial charge in [0, 0.05) is 0 Å². The average Bonchev–Trinajstić information content (AvgIpc) is 1.36. The van der Waals surface area contributed by atoms with Crippen LogP contribution in [-0.4, -0.2) is 6.79 Å². The summed E-state index contributed by atoms with van der Waals surface area (Å²) in [5.74, 6) is 0.481. The first-order valence-electron chi connectivity index (χ1n) is 2.08. The molecule has 0 aromatic heterocycles. The molecule has 0 rings (SSSR count). The number of aliphatic hydroxyl groups excluding tert-OH is 1. The third kappa shape index (κ3) is 3.51. The summed E-state index contributed by atoms with van der Waals surface area (Å²) in [7, 11) is 0. The summed E-state index contributed by atoms with van der Waals surface area (Å²) in [5.41, 5.74) is 0. The van der Waals surface area contributed by atoms with Gasteiger partial charge in [0.25, 0.3) is 0 Å². The Kier molecular flexibility index (Phi) is 4.08. The fourth-order valence-electron chi connectivity index (χ4n) is 0. The van der Waals surface area contributed by atoms with E-state index in [0.717, 1.165) is 39.2 Å². The summed E-state index contributed by atoms with van der Waals surface area (Å²) in [6.45, 7) is 4.06. The van der Waals surface area contributed by atoms with Crippen molar-refractivity contribution >= 4 is 0 Å². The van der Waals surface area contributed by atoms with E-state index in [1.807, 2.05) is 13.8 Å². The van der Waals surface area contributed by atoms with Crippen LogP contribution >= 0.6 is 0 Å². The minimum absolute atomic E-state index is 0.0185. The van der Waals surface area contributed by atoms with Crippen molar-refractivity contribution in [2.45, 2.75) is 15.5 Å². The molecular formula is C4H9OPr. The van der Waals surface area contributed by atoms with Crippen LogP contribution in [0.3, 0.4) is 0 Å². The van der Waals surface area contributed by atoms with Crippen molar-refractivity contribution in [1.29, 1.82) is 0 Å². The fraction of sp³-hybridized carbons (Fsp3) is 1.00. The predicted molar refractivity (Wildman–Crippen MR) is 20.8 cm³/mol. The van der Waals surface area contributed by atoms with E-state index in [0.29, 0.717) is 5.92 Å². The molecule has 1 atom stereocenters. The van der Waals surface area contributed by atoms with Crippen molar-refractivity contribution < 1.29 is 44.3 Å². The van der Waals surface area contributed by atoms with E-state index in [9.17, 15) is 0 Å². The van der Waals surface area contributed by atoms with Gasteiger partial charge < -0.3 is 0 Å². The molecule has 2 heteroatoms. The molecule has 34 valence electrons. The van der Waals surface area contributed by atoms with Gasteiger partial charge in [0.1, 0.15) is 0 Å². The van der Waals surface area contributed by atoms with Crippen LogP contribution in [-0.2, 0) is 0 Å². The minimum atomic E-state index is 0.0185. The zero-order valence-corrected chi connectivity index (χ0v) is 7.88. The number of aliphatic hydroxyl groups is 1. The second kappa shape index (κ2) is 3.34. The van der Waals surface area contributed by atoms with Gasteiger partial charge in [0.05, 0.1) is 0 Å². The topological polar surface area (TPSA) is 20.2 Å². The molecule has 6 heavy (non-hydrogen) atoms. The summed E-state index contributed by atoms with van der Waals surface area (Å²) in [5, 5.41) is 8.70. The van der Waals surface area contributed by atoms with Gasteiger partial charge in [-0.2, -0.15) is 0 Å². The molecular weight excluding hydrogens is 205 g/mol. The molecule has 0 aliphatic heterocycles. The van der Waals surface area contributed by atoms with Crippen LogP contribution in [0.25, 0.3) is 0 Å². The van der Waals surface area contributed by atoms with Gasteiger partial charge in [-0.25, -0.2) is 0 Å². The molecule has 0 bridgehead atoms. The molecule has 1 unspecified atom stereocenters. The van der Waals surface area contributed by atoms with Gasteiger partial charge >= 0.3 is 65.8 Å². The van der Waals surface area contributed by atoms with E-state index in [-0.39, 0.29) is 1.69 Å². The van der Waals surface area contributed by atoms with Gasteiger partial charge in [0.15, 0.2) is 0 Å². The summed E-state index contributed by atoms with van der Waals surface area (Å²) >= 11 is 0.731. The average molecular weight is 214 g/mol. The number of hydrogen-bond acceptors (Lipinski definition) is 1. The van der Waals surface area contributed by atoms with Crippen molar-refractivity contribution in [1.82, 2.24) is 0 Å². The van der Waals surface area contributed by atoms with Crippen molar-refractivity contribution in [2.24, 2.45) is 5.92 Å². The molecule has 0 aliphatic carbocycles. The van der Waals surface area contributed by atoms with Gasteiger partial charge in [0.2, 0.25) is 0 Å². The molecule has 0 aromatic carbocycles. The zero-order chi connectivity index (χ0) is 5.15. The van der Waals surface area contributed by atoms with Crippen LogP contribution in [0.15, 0.2) is 0 Å². The predicted octanol–water partition coefficient (Wildman–Crippen LogP) is 0.510. The van der Waals surface area contributed by atoms with E-state index < -0.39 is 0 Å². The Morgan fingerprint density at radius 2 is 1.67 bits per heavy atom. The second-order valence-electron chi connectivity index (χ2n) is 1.73. The fourth-order valence-corrected chi connectivity index (χ4v) is 0. The van der Waals surface area contributed by atoms with Gasteiger partial charge in [-0.1, -0.05) is 0 Å². The van der Waals surface area contributed by atoms with Crippen molar-refractivity contribution in [3.05, 3.63) is 0 Å². The van der Waals surface area contributed by atoms with Gasteiger partial charge in [-0.05, 0) is 0 Å². The molecule has 0 saturated heterocycles. The Morgan fingerprint density at radius 1 is 1.50 bits per heavy atom. The van der Waals surface area contributed by atoms with Crippen LogP contribution in [0.4, 0.5) is 0 Å².